The van der Waals surface area contributed by atoms with Crippen LogP contribution < -0.4 is 5.32 Å². The fourth-order valence-corrected chi connectivity index (χ4v) is 5.02. The lowest BCUT2D eigenvalue weighted by Crippen LogP contribution is -2.54. The summed E-state index contributed by atoms with van der Waals surface area (Å²) in [7, 11) is -0.795. The molecule has 0 unspecified atom stereocenters. The molecule has 2 amide bonds. The number of nitrogens with zero attached hydrogens (tertiary/aromatic N) is 1. The second-order valence-corrected chi connectivity index (χ2v) is 15.4. The van der Waals surface area contributed by atoms with Crippen molar-refractivity contribution in [2.45, 2.75) is 84.0 Å². The lowest BCUT2D eigenvalue weighted by atomic mass is 10.0. The number of hydrogen-bond donors (Lipinski definition) is 1. The van der Waals surface area contributed by atoms with Gasteiger partial charge in [-0.25, -0.2) is 9.59 Å². The van der Waals surface area contributed by atoms with Crippen molar-refractivity contribution in [2.24, 2.45) is 5.92 Å². The SMILES string of the molecule is COC(=O)[C@@H]1C[C@@H](O[Si](C)(C)C(C)(C)C)CN1C(=O)[C@@H](NC(=O)OCc1ccccc1)C(C)C. The Morgan fingerprint density at radius 1 is 1.15 bits per heavy atom. The van der Waals surface area contributed by atoms with Crippen LogP contribution in [0.2, 0.25) is 18.1 Å². The maximum atomic E-state index is 13.5. The van der Waals surface area contributed by atoms with E-state index in [4.69, 9.17) is 13.9 Å². The number of esters is 1. The zero-order valence-electron chi connectivity index (χ0n) is 21.7. The molecule has 0 aliphatic carbocycles. The molecular weight excluding hydrogens is 452 g/mol. The van der Waals surface area contributed by atoms with E-state index in [0.717, 1.165) is 5.56 Å². The van der Waals surface area contributed by atoms with Crippen molar-refractivity contribution in [2.75, 3.05) is 13.7 Å². The molecule has 2 rings (SSSR count). The smallest absolute Gasteiger partial charge is 0.408 e. The first-order valence-electron chi connectivity index (χ1n) is 11.8. The summed E-state index contributed by atoms with van der Waals surface area (Å²) in [6.45, 7) is 14.8. The van der Waals surface area contributed by atoms with Gasteiger partial charge in [-0.2, -0.15) is 0 Å². The maximum Gasteiger partial charge on any atom is 0.408 e. The van der Waals surface area contributed by atoms with Gasteiger partial charge in [0, 0.05) is 13.0 Å². The number of likely N-dealkylation sites (tertiary alicyclic amines) is 1. The van der Waals surface area contributed by atoms with E-state index >= 15 is 0 Å². The quantitative estimate of drug-likeness (QED) is 0.434. The number of ether oxygens (including phenoxy) is 2. The fraction of sp³-hybridized carbons (Fsp3) is 0.640. The lowest BCUT2D eigenvalue weighted by molar-refractivity contribution is -0.151. The minimum Gasteiger partial charge on any atom is -0.467 e. The number of rotatable bonds is 8. The Kier molecular flexibility index (Phi) is 9.30. The molecule has 1 fully saturated rings. The number of carbonyl (C=O) groups is 3. The first kappa shape index (κ1) is 27.8. The van der Waals surface area contributed by atoms with Crippen LogP contribution in [0.4, 0.5) is 4.79 Å². The number of carbonyl (C=O) groups excluding carboxylic acids is 3. The third-order valence-electron chi connectivity index (χ3n) is 6.71. The average molecular weight is 493 g/mol. The molecule has 3 atom stereocenters. The summed E-state index contributed by atoms with van der Waals surface area (Å²) < 4.78 is 16.8. The Morgan fingerprint density at radius 3 is 2.29 bits per heavy atom. The van der Waals surface area contributed by atoms with Gasteiger partial charge in [0.1, 0.15) is 18.7 Å². The van der Waals surface area contributed by atoms with Gasteiger partial charge in [0.25, 0.3) is 0 Å². The zero-order chi connectivity index (χ0) is 25.7. The summed E-state index contributed by atoms with van der Waals surface area (Å²) in [5.74, 6) is -1.04. The molecule has 1 N–H and O–H groups in total. The Hall–Kier alpha value is -2.39. The van der Waals surface area contributed by atoms with E-state index in [0.29, 0.717) is 6.42 Å². The number of amides is 2. The highest BCUT2D eigenvalue weighted by Gasteiger charge is 2.47. The fourth-order valence-electron chi connectivity index (χ4n) is 3.66. The minimum atomic E-state index is -2.11. The van der Waals surface area contributed by atoms with Crippen LogP contribution in [-0.2, 0) is 30.1 Å². The van der Waals surface area contributed by atoms with Gasteiger partial charge in [0.2, 0.25) is 5.91 Å². The van der Waals surface area contributed by atoms with Crippen molar-refractivity contribution >= 4 is 26.3 Å². The first-order chi connectivity index (χ1) is 15.8. The second-order valence-electron chi connectivity index (χ2n) is 10.7. The molecule has 34 heavy (non-hydrogen) atoms. The van der Waals surface area contributed by atoms with Crippen molar-refractivity contribution < 1.29 is 28.3 Å². The molecule has 9 heteroatoms. The van der Waals surface area contributed by atoms with E-state index in [1.54, 1.807) is 0 Å². The van der Waals surface area contributed by atoms with Crippen molar-refractivity contribution in [1.29, 1.82) is 0 Å². The predicted octanol–water partition coefficient (Wildman–Crippen LogP) is 4.10. The Balaban J connectivity index is 2.13. The minimum absolute atomic E-state index is 0.00424. The summed E-state index contributed by atoms with van der Waals surface area (Å²) in [6, 6.07) is 7.71. The van der Waals surface area contributed by atoms with Crippen LogP contribution in [0.5, 0.6) is 0 Å². The van der Waals surface area contributed by atoms with Gasteiger partial charge < -0.3 is 24.1 Å². The van der Waals surface area contributed by atoms with E-state index in [1.807, 2.05) is 44.2 Å². The average Bonchev–Trinajstić information content (AvgIpc) is 3.17. The molecule has 0 aromatic heterocycles. The molecule has 0 saturated carbocycles. The highest BCUT2D eigenvalue weighted by Crippen LogP contribution is 2.39. The van der Waals surface area contributed by atoms with Gasteiger partial charge in [-0.05, 0) is 29.6 Å². The van der Waals surface area contributed by atoms with Crippen molar-refractivity contribution in [1.82, 2.24) is 10.2 Å². The molecular formula is C25H40N2O6Si. The largest absolute Gasteiger partial charge is 0.467 e. The molecule has 1 aliphatic rings. The maximum absolute atomic E-state index is 13.5. The van der Waals surface area contributed by atoms with E-state index in [9.17, 15) is 14.4 Å². The molecule has 1 heterocycles. The molecule has 1 saturated heterocycles. The van der Waals surface area contributed by atoms with Crippen LogP contribution in [-0.4, -0.2) is 63.0 Å². The Bertz CT molecular complexity index is 853. The van der Waals surface area contributed by atoms with Crippen molar-refractivity contribution in [3.05, 3.63) is 35.9 Å². The van der Waals surface area contributed by atoms with Crippen molar-refractivity contribution in [3.8, 4) is 0 Å². The summed E-state index contributed by atoms with van der Waals surface area (Å²) in [6.07, 6.45) is -0.584. The van der Waals surface area contributed by atoms with Gasteiger partial charge >= 0.3 is 12.1 Å². The van der Waals surface area contributed by atoms with Gasteiger partial charge in [0.05, 0.1) is 13.2 Å². The Labute approximate surface area is 204 Å². The monoisotopic (exact) mass is 492 g/mol. The summed E-state index contributed by atoms with van der Waals surface area (Å²) in [5.41, 5.74) is 0.848. The summed E-state index contributed by atoms with van der Waals surface area (Å²) in [5, 5.41) is 2.69. The molecule has 1 aromatic rings. The van der Waals surface area contributed by atoms with Crippen LogP contribution in [0.25, 0.3) is 0 Å². The number of alkyl carbamates (subject to hydrolysis) is 1. The van der Waals surface area contributed by atoms with Crippen LogP contribution in [0.15, 0.2) is 30.3 Å². The standard InChI is InChI=1S/C25H40N2O6Si/c1-17(2)21(26-24(30)32-16-18-12-10-9-11-13-18)22(28)27-15-19(14-20(27)23(29)31-6)33-34(7,8)25(3,4)5/h9-13,17,19-21H,14-16H2,1-8H3,(H,26,30)/t19-,20+,21+/m1/s1. The highest BCUT2D eigenvalue weighted by molar-refractivity contribution is 6.74. The Morgan fingerprint density at radius 2 is 1.76 bits per heavy atom. The topological polar surface area (TPSA) is 94.2 Å². The third-order valence-corrected chi connectivity index (χ3v) is 11.2. The molecule has 0 bridgehead atoms. The molecule has 1 aromatic carbocycles. The van der Waals surface area contributed by atoms with Gasteiger partial charge in [-0.1, -0.05) is 65.0 Å². The van der Waals surface area contributed by atoms with E-state index < -0.39 is 32.5 Å². The summed E-state index contributed by atoms with van der Waals surface area (Å²) >= 11 is 0. The highest BCUT2D eigenvalue weighted by atomic mass is 28.4. The van der Waals surface area contributed by atoms with E-state index in [1.165, 1.54) is 12.0 Å². The normalized spacial score (nSPS) is 19.6. The van der Waals surface area contributed by atoms with E-state index in [2.05, 4.69) is 39.2 Å². The summed E-state index contributed by atoms with van der Waals surface area (Å²) in [4.78, 5) is 40.0. The van der Waals surface area contributed by atoms with Gasteiger partial charge in [0.15, 0.2) is 8.32 Å². The van der Waals surface area contributed by atoms with Crippen LogP contribution in [0.3, 0.4) is 0 Å². The van der Waals surface area contributed by atoms with E-state index in [-0.39, 0.29) is 36.1 Å². The molecule has 0 spiro atoms. The van der Waals surface area contributed by atoms with Crippen LogP contribution in [0.1, 0.15) is 46.6 Å². The molecule has 190 valence electrons. The third kappa shape index (κ3) is 7.05. The van der Waals surface area contributed by atoms with Crippen molar-refractivity contribution in [3.63, 3.8) is 0 Å². The molecule has 1 aliphatic heterocycles. The number of benzene rings is 1. The second kappa shape index (κ2) is 11.4. The first-order valence-corrected chi connectivity index (χ1v) is 14.7. The number of hydrogen-bond acceptors (Lipinski definition) is 6. The van der Waals surface area contributed by atoms with Gasteiger partial charge in [-0.3, -0.25) is 4.79 Å². The van der Waals surface area contributed by atoms with Crippen LogP contribution in [0, 0.1) is 5.92 Å². The lowest BCUT2D eigenvalue weighted by Gasteiger charge is -2.38. The number of methoxy groups -OCH3 is 1. The molecule has 0 radical (unpaired) electrons. The van der Waals surface area contributed by atoms with Gasteiger partial charge in [-0.15, -0.1) is 0 Å². The molecule has 8 nitrogen and oxygen atoms in total. The van der Waals surface area contributed by atoms with Crippen LogP contribution >= 0.6 is 0 Å². The number of nitrogens with one attached hydrogen (secondary N) is 1. The predicted molar refractivity (Wildman–Crippen MR) is 133 cm³/mol. The zero-order valence-corrected chi connectivity index (χ0v) is 22.7.